The van der Waals surface area contributed by atoms with Crippen molar-refractivity contribution in [3.8, 4) is 6.07 Å². The average molecular weight is 289 g/mol. The van der Waals surface area contributed by atoms with Crippen molar-refractivity contribution < 1.29 is 13.2 Å². The minimum atomic E-state index is -4.35. The number of rotatable bonds is 6. The molecule has 0 saturated heterocycles. The van der Waals surface area contributed by atoms with E-state index in [0.29, 0.717) is 23.7 Å². The van der Waals surface area contributed by atoms with E-state index in [9.17, 15) is 13.2 Å². The van der Waals surface area contributed by atoms with E-state index in [2.05, 4.69) is 16.4 Å². The number of nitrogens with one attached hydrogen (secondary N) is 1. The van der Waals surface area contributed by atoms with E-state index >= 15 is 0 Å². The summed E-state index contributed by atoms with van der Waals surface area (Å²) in [5.41, 5.74) is -0.751. The Morgan fingerprint density at radius 3 is 2.68 bits per heavy atom. The Morgan fingerprint density at radius 1 is 1.47 bits per heavy atom. The van der Waals surface area contributed by atoms with Gasteiger partial charge in [-0.2, -0.15) is 18.4 Å². The van der Waals surface area contributed by atoms with Crippen molar-refractivity contribution in [2.45, 2.75) is 30.6 Å². The topological polar surface area (TPSA) is 48.7 Å². The molecule has 0 bridgehead atoms. The molecule has 0 aliphatic rings. The molecule has 7 heteroatoms. The van der Waals surface area contributed by atoms with Crippen LogP contribution in [0.1, 0.15) is 18.9 Å². The van der Waals surface area contributed by atoms with Crippen LogP contribution in [0.25, 0.3) is 0 Å². The predicted molar refractivity (Wildman–Crippen MR) is 67.7 cm³/mol. The lowest BCUT2D eigenvalue weighted by atomic mass is 10.2. The van der Waals surface area contributed by atoms with E-state index in [1.165, 1.54) is 17.8 Å². The highest BCUT2D eigenvalue weighted by atomic mass is 32.2. The molecule has 0 aliphatic heterocycles. The van der Waals surface area contributed by atoms with Crippen LogP contribution >= 0.6 is 11.8 Å². The Morgan fingerprint density at radius 2 is 2.21 bits per heavy atom. The first-order valence-electron chi connectivity index (χ1n) is 5.76. The second-order valence-electron chi connectivity index (χ2n) is 3.76. The fourth-order valence-corrected chi connectivity index (χ4v) is 2.23. The number of pyridine rings is 1. The fourth-order valence-electron chi connectivity index (χ4n) is 1.37. The summed E-state index contributed by atoms with van der Waals surface area (Å²) in [6.45, 7) is 2.62. The highest BCUT2D eigenvalue weighted by Crippen LogP contribution is 2.29. The summed E-state index contributed by atoms with van der Waals surface area (Å²) in [7, 11) is 0. The van der Waals surface area contributed by atoms with Crippen LogP contribution in [0.4, 0.5) is 13.2 Å². The van der Waals surface area contributed by atoms with Crippen molar-refractivity contribution in [2.24, 2.45) is 0 Å². The second-order valence-corrected chi connectivity index (χ2v) is 4.87. The van der Waals surface area contributed by atoms with Crippen molar-refractivity contribution in [1.29, 1.82) is 5.26 Å². The number of nitrogens with zero attached hydrogens (tertiary/aromatic N) is 2. The molecular formula is C12H14F3N3S. The van der Waals surface area contributed by atoms with Crippen molar-refractivity contribution in [1.82, 2.24) is 10.3 Å². The van der Waals surface area contributed by atoms with Gasteiger partial charge >= 0.3 is 6.18 Å². The Hall–Kier alpha value is -1.26. The Bertz CT molecular complexity index is 425. The molecule has 0 saturated carbocycles. The molecule has 104 valence electrons. The molecule has 0 fully saturated rings. The molecule has 0 spiro atoms. The maximum atomic E-state index is 12.3. The number of hydrogen-bond donors (Lipinski definition) is 1. The number of halogens is 3. The molecule has 1 heterocycles. The first-order chi connectivity index (χ1) is 8.97. The maximum absolute atomic E-state index is 12.3. The van der Waals surface area contributed by atoms with Crippen LogP contribution in [0.3, 0.4) is 0 Å². The number of aromatic nitrogens is 1. The maximum Gasteiger partial charge on any atom is 0.417 e. The van der Waals surface area contributed by atoms with E-state index in [1.807, 2.05) is 6.92 Å². The zero-order valence-electron chi connectivity index (χ0n) is 10.4. The lowest BCUT2D eigenvalue weighted by Gasteiger charge is -2.09. The smallest absolute Gasteiger partial charge is 0.302 e. The van der Waals surface area contributed by atoms with Gasteiger partial charge in [-0.1, -0.05) is 6.92 Å². The highest BCUT2D eigenvalue weighted by molar-refractivity contribution is 7.99. The first-order valence-corrected chi connectivity index (χ1v) is 6.75. The number of hydrogen-bond acceptors (Lipinski definition) is 4. The van der Waals surface area contributed by atoms with Crippen molar-refractivity contribution in [3.05, 3.63) is 23.9 Å². The van der Waals surface area contributed by atoms with Gasteiger partial charge in [0.25, 0.3) is 0 Å². The van der Waals surface area contributed by atoms with Gasteiger partial charge < -0.3 is 5.32 Å². The normalized spacial score (nSPS) is 13.0. The fraction of sp³-hybridized carbons (Fsp3) is 0.500. The van der Waals surface area contributed by atoms with Crippen molar-refractivity contribution in [3.63, 3.8) is 0 Å². The van der Waals surface area contributed by atoms with Gasteiger partial charge in [0.2, 0.25) is 0 Å². The van der Waals surface area contributed by atoms with Gasteiger partial charge in [0.05, 0.1) is 22.7 Å². The van der Waals surface area contributed by atoms with Crippen LogP contribution in [0, 0.1) is 11.3 Å². The van der Waals surface area contributed by atoms with Crippen LogP contribution < -0.4 is 5.32 Å². The second kappa shape index (κ2) is 7.36. The molecule has 3 nitrogen and oxygen atoms in total. The molecular weight excluding hydrogens is 275 g/mol. The average Bonchev–Trinajstić information content (AvgIpc) is 2.37. The van der Waals surface area contributed by atoms with Crippen molar-refractivity contribution in [2.75, 3.05) is 12.3 Å². The van der Waals surface area contributed by atoms with E-state index in [1.54, 1.807) is 0 Å². The minimum absolute atomic E-state index is 0.230. The van der Waals surface area contributed by atoms with Gasteiger partial charge in [0.15, 0.2) is 0 Å². The summed E-state index contributed by atoms with van der Waals surface area (Å²) in [5.74, 6) is 0.629. The summed E-state index contributed by atoms with van der Waals surface area (Å²) in [6, 6.07) is 4.26. The zero-order valence-corrected chi connectivity index (χ0v) is 11.2. The van der Waals surface area contributed by atoms with Gasteiger partial charge in [0.1, 0.15) is 0 Å². The molecule has 0 aromatic carbocycles. The van der Waals surface area contributed by atoms with Crippen LogP contribution in [0.2, 0.25) is 0 Å². The summed E-state index contributed by atoms with van der Waals surface area (Å²) < 4.78 is 37.0. The number of nitriles is 1. The lowest BCUT2D eigenvalue weighted by molar-refractivity contribution is -0.137. The van der Waals surface area contributed by atoms with Gasteiger partial charge in [0, 0.05) is 11.9 Å². The van der Waals surface area contributed by atoms with Crippen LogP contribution in [-0.4, -0.2) is 23.3 Å². The molecule has 1 N–H and O–H groups in total. The van der Waals surface area contributed by atoms with Gasteiger partial charge in [-0.3, -0.25) is 0 Å². The minimum Gasteiger partial charge on any atom is -0.302 e. The summed E-state index contributed by atoms with van der Waals surface area (Å²) in [5, 5.41) is 12.4. The van der Waals surface area contributed by atoms with Crippen LogP contribution in [0.5, 0.6) is 0 Å². The van der Waals surface area contributed by atoms with E-state index < -0.39 is 11.7 Å². The monoisotopic (exact) mass is 289 g/mol. The summed E-state index contributed by atoms with van der Waals surface area (Å²) in [4.78, 5) is 3.75. The molecule has 1 unspecified atom stereocenters. The zero-order chi connectivity index (χ0) is 14.3. The Kier molecular flexibility index (Phi) is 6.12. The van der Waals surface area contributed by atoms with Crippen molar-refractivity contribution >= 4 is 11.8 Å². The van der Waals surface area contributed by atoms with Gasteiger partial charge in [-0.05, 0) is 25.1 Å². The predicted octanol–water partition coefficient (Wildman–Crippen LogP) is 3.08. The third kappa shape index (κ3) is 5.49. The number of alkyl halides is 3. The molecule has 1 aromatic rings. The molecule has 1 atom stereocenters. The molecule has 1 rings (SSSR count). The van der Waals surface area contributed by atoms with E-state index in [4.69, 9.17) is 5.26 Å². The Labute approximate surface area is 114 Å². The van der Waals surface area contributed by atoms with Gasteiger partial charge in [-0.25, -0.2) is 4.98 Å². The quantitative estimate of drug-likeness (QED) is 0.818. The summed E-state index contributed by atoms with van der Waals surface area (Å²) in [6.07, 6.45) is -2.90. The molecule has 1 aromatic heterocycles. The van der Waals surface area contributed by atoms with E-state index in [-0.39, 0.29) is 6.04 Å². The van der Waals surface area contributed by atoms with Gasteiger partial charge in [-0.15, -0.1) is 11.8 Å². The number of thioether (sulfide) groups is 1. The third-order valence-electron chi connectivity index (χ3n) is 2.33. The van der Waals surface area contributed by atoms with Crippen LogP contribution in [0.15, 0.2) is 23.4 Å². The van der Waals surface area contributed by atoms with Crippen LogP contribution in [-0.2, 0) is 6.18 Å². The molecule has 0 aliphatic carbocycles. The molecule has 19 heavy (non-hydrogen) atoms. The molecule has 0 amide bonds. The lowest BCUT2D eigenvalue weighted by Crippen LogP contribution is -2.27. The Balaban J connectivity index is 2.45. The van der Waals surface area contributed by atoms with E-state index in [0.717, 1.165) is 12.3 Å². The highest BCUT2D eigenvalue weighted by Gasteiger charge is 2.30. The standard InChI is InChI=1S/C12H14F3N3S/c1-2-17-10(7-16)5-6-19-11-4-3-9(8-18-11)12(13,14)15/h3-4,8,10,17H,2,5-6H2,1H3. The summed E-state index contributed by atoms with van der Waals surface area (Å²) >= 11 is 1.34. The SMILES string of the molecule is CCNC(C#N)CCSc1ccc(C(F)(F)F)cn1. The first kappa shape index (κ1) is 15.8. The molecule has 0 radical (unpaired) electrons. The third-order valence-corrected chi connectivity index (χ3v) is 3.30. The largest absolute Gasteiger partial charge is 0.417 e.